The van der Waals surface area contributed by atoms with Crippen molar-refractivity contribution in [2.45, 2.75) is 31.4 Å². The van der Waals surface area contributed by atoms with Crippen LogP contribution in [0.2, 0.25) is 0 Å². The van der Waals surface area contributed by atoms with Crippen LogP contribution < -0.4 is 11.1 Å². The van der Waals surface area contributed by atoms with Crippen molar-refractivity contribution in [1.82, 2.24) is 14.8 Å². The van der Waals surface area contributed by atoms with Crippen molar-refractivity contribution < 1.29 is 4.74 Å². The Morgan fingerprint density at radius 3 is 3.20 bits per heavy atom. The van der Waals surface area contributed by atoms with Crippen molar-refractivity contribution in [2.24, 2.45) is 0 Å². The summed E-state index contributed by atoms with van der Waals surface area (Å²) in [6.07, 6.45) is 3.57. The van der Waals surface area contributed by atoms with Crippen LogP contribution >= 0.6 is 0 Å². The fourth-order valence-electron chi connectivity index (χ4n) is 2.40. The van der Waals surface area contributed by atoms with Gasteiger partial charge in [-0.3, -0.25) is 0 Å². The molecule has 0 bridgehead atoms. The van der Waals surface area contributed by atoms with Crippen LogP contribution in [0.25, 0.3) is 0 Å². The second-order valence-corrected chi connectivity index (χ2v) is 4.07. The highest BCUT2D eigenvalue weighted by atomic mass is 16.5. The van der Waals surface area contributed by atoms with E-state index in [0.29, 0.717) is 12.0 Å². The number of hydrogen-bond donors (Lipinski definition) is 2. The van der Waals surface area contributed by atoms with Gasteiger partial charge in [0.05, 0.1) is 12.1 Å². The number of nitrogens with one attached hydrogen (secondary N) is 1. The van der Waals surface area contributed by atoms with Gasteiger partial charge in [-0.2, -0.15) is 4.98 Å². The van der Waals surface area contributed by atoms with Crippen molar-refractivity contribution in [3.8, 4) is 0 Å². The average molecular weight is 209 g/mol. The molecule has 3 N–H and O–H groups in total. The smallest absolute Gasteiger partial charge is 0.241 e. The Hall–Kier alpha value is -1.30. The predicted octanol–water partition coefficient (Wildman–Crippen LogP) is 0.396. The third-order valence-corrected chi connectivity index (χ3v) is 3.08. The van der Waals surface area contributed by atoms with E-state index in [1.54, 1.807) is 0 Å². The fourth-order valence-corrected chi connectivity index (χ4v) is 2.40. The second-order valence-electron chi connectivity index (χ2n) is 4.07. The average Bonchev–Trinajstić information content (AvgIpc) is 2.82. The Morgan fingerprint density at radius 2 is 2.40 bits per heavy atom. The lowest BCUT2D eigenvalue weighted by Gasteiger charge is -2.28. The van der Waals surface area contributed by atoms with Crippen molar-refractivity contribution in [2.75, 3.05) is 24.2 Å². The van der Waals surface area contributed by atoms with Gasteiger partial charge in [0.2, 0.25) is 11.9 Å². The molecule has 6 heteroatoms. The van der Waals surface area contributed by atoms with Crippen molar-refractivity contribution in [1.29, 1.82) is 0 Å². The maximum atomic E-state index is 5.70. The largest absolute Gasteiger partial charge is 0.376 e. The molecule has 3 rings (SSSR count). The number of ether oxygens (including phenoxy) is 1. The van der Waals surface area contributed by atoms with E-state index in [1.807, 2.05) is 4.68 Å². The molecule has 3 heterocycles. The zero-order valence-corrected chi connectivity index (χ0v) is 8.52. The van der Waals surface area contributed by atoms with Crippen LogP contribution in [0.5, 0.6) is 0 Å². The highest BCUT2D eigenvalue weighted by Gasteiger charge is 2.32. The first kappa shape index (κ1) is 8.96. The SMILES string of the molecule is Nc1nc2n(n1)C(C1CCCO1)CCN2. The summed E-state index contributed by atoms with van der Waals surface area (Å²) in [6.45, 7) is 1.79. The predicted molar refractivity (Wildman–Crippen MR) is 55.6 cm³/mol. The van der Waals surface area contributed by atoms with E-state index < -0.39 is 0 Å². The first-order chi connectivity index (χ1) is 7.34. The molecule has 0 amide bonds. The normalized spacial score (nSPS) is 29.9. The van der Waals surface area contributed by atoms with Gasteiger partial charge < -0.3 is 15.8 Å². The van der Waals surface area contributed by atoms with Crippen molar-refractivity contribution in [3.05, 3.63) is 0 Å². The summed E-state index contributed by atoms with van der Waals surface area (Å²) in [5, 5.41) is 7.41. The number of anilines is 2. The molecule has 0 aliphatic carbocycles. The van der Waals surface area contributed by atoms with E-state index in [2.05, 4.69) is 15.4 Å². The molecule has 1 fully saturated rings. The number of hydrogen-bond acceptors (Lipinski definition) is 5. The van der Waals surface area contributed by atoms with E-state index in [-0.39, 0.29) is 6.10 Å². The number of fused-ring (bicyclic) bond motifs is 1. The Balaban J connectivity index is 1.90. The zero-order valence-electron chi connectivity index (χ0n) is 8.52. The van der Waals surface area contributed by atoms with E-state index in [0.717, 1.165) is 38.4 Å². The Morgan fingerprint density at radius 1 is 1.47 bits per heavy atom. The Kier molecular flexibility index (Phi) is 2.02. The lowest BCUT2D eigenvalue weighted by Crippen LogP contribution is -2.32. The molecule has 2 atom stereocenters. The van der Waals surface area contributed by atoms with E-state index in [1.165, 1.54) is 0 Å². The van der Waals surface area contributed by atoms with Gasteiger partial charge in [-0.15, -0.1) is 5.10 Å². The minimum absolute atomic E-state index is 0.284. The molecule has 1 saturated heterocycles. The number of nitrogens with two attached hydrogens (primary N) is 1. The molecule has 0 saturated carbocycles. The summed E-state index contributed by atoms with van der Waals surface area (Å²) < 4.78 is 7.59. The first-order valence-corrected chi connectivity index (χ1v) is 5.42. The molecule has 1 aromatic heterocycles. The van der Waals surface area contributed by atoms with Gasteiger partial charge >= 0.3 is 0 Å². The third kappa shape index (κ3) is 1.45. The van der Waals surface area contributed by atoms with Crippen molar-refractivity contribution in [3.63, 3.8) is 0 Å². The van der Waals surface area contributed by atoms with Gasteiger partial charge in [-0.1, -0.05) is 0 Å². The molecule has 1 aromatic rings. The van der Waals surface area contributed by atoms with Crippen LogP contribution in [0.1, 0.15) is 25.3 Å². The molecule has 2 aliphatic rings. The van der Waals surface area contributed by atoms with Gasteiger partial charge in [-0.05, 0) is 19.3 Å². The quantitative estimate of drug-likeness (QED) is 0.699. The lowest BCUT2D eigenvalue weighted by atomic mass is 10.0. The summed E-state index contributed by atoms with van der Waals surface area (Å²) in [6, 6.07) is 0.300. The second kappa shape index (κ2) is 3.37. The molecule has 0 radical (unpaired) electrons. The molecule has 0 spiro atoms. The van der Waals surface area contributed by atoms with Gasteiger partial charge in [0.25, 0.3) is 0 Å². The van der Waals surface area contributed by atoms with Crippen LogP contribution in [0.15, 0.2) is 0 Å². The summed E-state index contributed by atoms with van der Waals surface area (Å²) in [7, 11) is 0. The van der Waals surface area contributed by atoms with Crippen LogP contribution in [0, 0.1) is 0 Å². The minimum atomic E-state index is 0.284. The monoisotopic (exact) mass is 209 g/mol. The number of rotatable bonds is 1. The maximum absolute atomic E-state index is 5.70. The Bertz CT molecular complexity index is 357. The molecular weight excluding hydrogens is 194 g/mol. The third-order valence-electron chi connectivity index (χ3n) is 3.08. The standard InChI is InChI=1S/C9H15N5O/c10-8-12-9-11-4-3-6(14(9)13-8)7-2-1-5-15-7/h6-7H,1-5H2,(H3,10,11,12,13). The van der Waals surface area contributed by atoms with Crippen molar-refractivity contribution >= 4 is 11.9 Å². The molecule has 15 heavy (non-hydrogen) atoms. The number of nitrogens with zero attached hydrogens (tertiary/aromatic N) is 3. The summed E-state index contributed by atoms with van der Waals surface area (Å²) in [4.78, 5) is 4.14. The van der Waals surface area contributed by atoms with Gasteiger partial charge in [-0.25, -0.2) is 4.68 Å². The molecule has 6 nitrogen and oxygen atoms in total. The van der Waals surface area contributed by atoms with Crippen LogP contribution in [0.4, 0.5) is 11.9 Å². The maximum Gasteiger partial charge on any atom is 0.241 e. The highest BCUT2D eigenvalue weighted by molar-refractivity contribution is 5.34. The van der Waals surface area contributed by atoms with Gasteiger partial charge in [0.1, 0.15) is 0 Å². The van der Waals surface area contributed by atoms with Crippen LogP contribution in [0.3, 0.4) is 0 Å². The highest BCUT2D eigenvalue weighted by Crippen LogP contribution is 2.31. The Labute approximate surface area is 87.8 Å². The first-order valence-electron chi connectivity index (χ1n) is 5.42. The molecule has 82 valence electrons. The van der Waals surface area contributed by atoms with Crippen LogP contribution in [-0.4, -0.2) is 34.0 Å². The van der Waals surface area contributed by atoms with E-state index in [4.69, 9.17) is 10.5 Å². The van der Waals surface area contributed by atoms with Gasteiger partial charge in [0.15, 0.2) is 0 Å². The number of nitrogen functional groups attached to an aromatic ring is 1. The fraction of sp³-hybridized carbons (Fsp3) is 0.778. The molecular formula is C9H15N5O. The van der Waals surface area contributed by atoms with E-state index in [9.17, 15) is 0 Å². The summed E-state index contributed by atoms with van der Waals surface area (Å²) in [5.74, 6) is 1.11. The van der Waals surface area contributed by atoms with Gasteiger partial charge in [0, 0.05) is 13.2 Å². The summed E-state index contributed by atoms with van der Waals surface area (Å²) >= 11 is 0. The molecule has 2 unspecified atom stereocenters. The van der Waals surface area contributed by atoms with E-state index >= 15 is 0 Å². The molecule has 0 aromatic carbocycles. The minimum Gasteiger partial charge on any atom is -0.376 e. The zero-order chi connectivity index (χ0) is 10.3. The lowest BCUT2D eigenvalue weighted by molar-refractivity contribution is 0.0591. The molecule has 2 aliphatic heterocycles. The summed E-state index contributed by atoms with van der Waals surface area (Å²) in [5.41, 5.74) is 5.60. The van der Waals surface area contributed by atoms with Crippen LogP contribution in [-0.2, 0) is 4.74 Å². The topological polar surface area (TPSA) is 78.0 Å². The number of aromatic nitrogens is 3.